The summed E-state index contributed by atoms with van der Waals surface area (Å²) in [4.78, 5) is 29.5. The normalized spacial score (nSPS) is 29.5. The van der Waals surface area contributed by atoms with Gasteiger partial charge in [-0.3, -0.25) is 9.69 Å². The van der Waals surface area contributed by atoms with Crippen molar-refractivity contribution in [3.63, 3.8) is 0 Å². The van der Waals surface area contributed by atoms with E-state index in [-0.39, 0.29) is 23.7 Å². The zero-order chi connectivity index (χ0) is 21.5. The number of nitrogens with zero attached hydrogens (tertiary/aromatic N) is 3. The van der Waals surface area contributed by atoms with Crippen LogP contribution in [0.25, 0.3) is 0 Å². The highest BCUT2D eigenvalue weighted by Gasteiger charge is 2.50. The molecule has 2 aliphatic heterocycles. The fraction of sp³-hybridized carbons (Fsp3) is 0.636. The number of halogens is 1. The summed E-state index contributed by atoms with van der Waals surface area (Å²) in [7, 11) is 1.38. The predicted octanol–water partition coefficient (Wildman–Crippen LogP) is 3.06. The summed E-state index contributed by atoms with van der Waals surface area (Å²) in [6, 6.07) is 4.66. The van der Waals surface area contributed by atoms with Gasteiger partial charge in [-0.05, 0) is 63.1 Å². The first-order chi connectivity index (χ1) is 14.3. The molecule has 0 radical (unpaired) electrons. The number of carboxylic acid groups (broad SMARTS) is 1. The molecule has 0 aromatic heterocycles. The van der Waals surface area contributed by atoms with Crippen molar-refractivity contribution in [2.24, 2.45) is 5.41 Å². The molecule has 2 saturated heterocycles. The van der Waals surface area contributed by atoms with Crippen molar-refractivity contribution in [2.75, 3.05) is 36.5 Å². The minimum absolute atomic E-state index is 0.177. The molecular formula is C22H30FN3O4. The van der Waals surface area contributed by atoms with Crippen molar-refractivity contribution >= 4 is 23.4 Å². The number of anilines is 2. The van der Waals surface area contributed by atoms with E-state index in [0.29, 0.717) is 18.8 Å². The van der Waals surface area contributed by atoms with E-state index in [1.807, 2.05) is 9.80 Å². The first kappa shape index (κ1) is 20.9. The average molecular weight is 419 g/mol. The molecule has 1 saturated carbocycles. The van der Waals surface area contributed by atoms with Crippen LogP contribution in [0.5, 0.6) is 0 Å². The summed E-state index contributed by atoms with van der Waals surface area (Å²) in [5, 5.41) is 18.9. The van der Waals surface area contributed by atoms with Gasteiger partial charge in [0, 0.05) is 38.4 Å². The molecule has 2 N–H and O–H groups in total. The van der Waals surface area contributed by atoms with Gasteiger partial charge >= 0.3 is 6.09 Å². The van der Waals surface area contributed by atoms with Crippen molar-refractivity contribution in [1.29, 1.82) is 0 Å². The first-order valence-corrected chi connectivity index (χ1v) is 10.8. The summed E-state index contributed by atoms with van der Waals surface area (Å²) >= 11 is 0. The molecule has 3 aliphatic rings. The zero-order valence-electron chi connectivity index (χ0n) is 17.4. The molecule has 4 rings (SSSR count). The van der Waals surface area contributed by atoms with Crippen LogP contribution in [0, 0.1) is 11.2 Å². The summed E-state index contributed by atoms with van der Waals surface area (Å²) in [5.74, 6) is -0.294. The smallest absolute Gasteiger partial charge is 0.411 e. The minimum Gasteiger partial charge on any atom is -0.465 e. The molecule has 2 amide bonds. The van der Waals surface area contributed by atoms with E-state index in [4.69, 9.17) is 5.11 Å². The lowest BCUT2D eigenvalue weighted by molar-refractivity contribution is -0.139. The van der Waals surface area contributed by atoms with Crippen LogP contribution >= 0.6 is 0 Å². The van der Waals surface area contributed by atoms with Crippen molar-refractivity contribution in [3.05, 3.63) is 24.0 Å². The molecule has 1 spiro atoms. The third-order valence-electron chi connectivity index (χ3n) is 7.18. The summed E-state index contributed by atoms with van der Waals surface area (Å²) in [5.41, 5.74) is 0.221. The first-order valence-electron chi connectivity index (χ1n) is 10.8. The predicted molar refractivity (Wildman–Crippen MR) is 111 cm³/mol. The molecule has 7 nitrogen and oxygen atoms in total. The highest BCUT2D eigenvalue weighted by molar-refractivity contribution is 5.87. The van der Waals surface area contributed by atoms with Gasteiger partial charge in [0.2, 0.25) is 5.91 Å². The van der Waals surface area contributed by atoms with Crippen molar-refractivity contribution < 1.29 is 24.2 Å². The number of rotatable bonds is 3. The molecule has 1 aliphatic carbocycles. The highest BCUT2D eigenvalue weighted by atomic mass is 19.1. The topological polar surface area (TPSA) is 84.3 Å². The Bertz CT molecular complexity index is 827. The lowest BCUT2D eigenvalue weighted by Crippen LogP contribution is -2.50. The minimum atomic E-state index is -1.15. The van der Waals surface area contributed by atoms with Gasteiger partial charge in [-0.15, -0.1) is 0 Å². The van der Waals surface area contributed by atoms with Crippen LogP contribution in [-0.2, 0) is 4.79 Å². The molecule has 30 heavy (non-hydrogen) atoms. The number of carbonyl (C=O) groups is 2. The van der Waals surface area contributed by atoms with Crippen LogP contribution in [0.3, 0.4) is 0 Å². The molecular weight excluding hydrogens is 389 g/mol. The number of benzene rings is 1. The Balaban J connectivity index is 1.49. The fourth-order valence-electron chi connectivity index (χ4n) is 5.35. The summed E-state index contributed by atoms with van der Waals surface area (Å²) < 4.78 is 14.9. The van der Waals surface area contributed by atoms with Crippen LogP contribution in [0.1, 0.15) is 44.9 Å². The van der Waals surface area contributed by atoms with Gasteiger partial charge in [0.15, 0.2) is 0 Å². The Hall–Kier alpha value is -2.35. The molecule has 3 fully saturated rings. The Morgan fingerprint density at radius 3 is 2.60 bits per heavy atom. The van der Waals surface area contributed by atoms with E-state index in [1.165, 1.54) is 13.1 Å². The lowest BCUT2D eigenvalue weighted by Gasteiger charge is -2.41. The standard InChI is InChI=1S/C22H30FN3O4/c1-24(21(29)30)16-5-8-19(18(23)13-16)25-11-2-9-22(14-25)10-12-26(20(22)28)15-3-6-17(27)7-4-15/h5,8,13,15,17,27H,2-4,6-7,9-12,14H2,1H3,(H,29,30)/t15-,17-,22-/m1/s1. The Morgan fingerprint density at radius 2 is 1.93 bits per heavy atom. The second-order valence-corrected chi connectivity index (χ2v) is 8.99. The van der Waals surface area contributed by atoms with Gasteiger partial charge < -0.3 is 20.0 Å². The Morgan fingerprint density at radius 1 is 1.20 bits per heavy atom. The molecule has 1 aromatic carbocycles. The van der Waals surface area contributed by atoms with Crippen LogP contribution in [0.2, 0.25) is 0 Å². The highest BCUT2D eigenvalue weighted by Crippen LogP contribution is 2.44. The van der Waals surface area contributed by atoms with Gasteiger partial charge in [0.05, 0.1) is 17.2 Å². The quantitative estimate of drug-likeness (QED) is 0.787. The van der Waals surface area contributed by atoms with Gasteiger partial charge in [0.1, 0.15) is 5.82 Å². The van der Waals surface area contributed by atoms with Crippen LogP contribution in [0.4, 0.5) is 20.6 Å². The maximum absolute atomic E-state index is 14.9. The van der Waals surface area contributed by atoms with Crippen LogP contribution in [0.15, 0.2) is 18.2 Å². The van der Waals surface area contributed by atoms with Crippen molar-refractivity contribution in [1.82, 2.24) is 4.90 Å². The summed E-state index contributed by atoms with van der Waals surface area (Å²) in [6.07, 6.45) is 4.21. The zero-order valence-corrected chi connectivity index (χ0v) is 17.4. The molecule has 2 heterocycles. The van der Waals surface area contributed by atoms with Gasteiger partial charge in [0.25, 0.3) is 0 Å². The number of aliphatic hydroxyl groups excluding tert-OH is 1. The number of aliphatic hydroxyl groups is 1. The Labute approximate surface area is 176 Å². The average Bonchev–Trinajstić information content (AvgIpc) is 3.03. The SMILES string of the molecule is CN(C(=O)O)c1ccc(N2CCC[C@@]3(CCN([C@H]4CC[C@H](O)CC4)C3=O)C2)c(F)c1. The molecule has 1 aromatic rings. The van der Waals surface area contributed by atoms with E-state index in [2.05, 4.69) is 0 Å². The third-order valence-corrected chi connectivity index (χ3v) is 7.18. The van der Waals surface area contributed by atoms with Gasteiger partial charge in [-0.25, -0.2) is 9.18 Å². The second-order valence-electron chi connectivity index (χ2n) is 8.99. The maximum atomic E-state index is 14.9. The monoisotopic (exact) mass is 419 g/mol. The number of likely N-dealkylation sites (tertiary alicyclic amines) is 1. The number of carbonyl (C=O) groups excluding carboxylic acids is 1. The number of amides is 2. The molecule has 0 unspecified atom stereocenters. The summed E-state index contributed by atoms with van der Waals surface area (Å²) in [6.45, 7) is 1.90. The fourth-order valence-corrected chi connectivity index (χ4v) is 5.35. The van der Waals surface area contributed by atoms with E-state index >= 15 is 0 Å². The van der Waals surface area contributed by atoms with Gasteiger partial charge in [-0.2, -0.15) is 0 Å². The largest absolute Gasteiger partial charge is 0.465 e. The van der Waals surface area contributed by atoms with E-state index in [9.17, 15) is 19.1 Å². The van der Waals surface area contributed by atoms with Crippen molar-refractivity contribution in [2.45, 2.75) is 57.1 Å². The van der Waals surface area contributed by atoms with Crippen LogP contribution < -0.4 is 9.80 Å². The molecule has 8 heteroatoms. The lowest BCUT2D eigenvalue weighted by atomic mass is 9.78. The molecule has 0 bridgehead atoms. The van der Waals surface area contributed by atoms with Gasteiger partial charge in [-0.1, -0.05) is 0 Å². The Kier molecular flexibility index (Phi) is 5.61. The third kappa shape index (κ3) is 3.73. The second kappa shape index (κ2) is 8.06. The number of hydrogen-bond donors (Lipinski definition) is 2. The van der Waals surface area contributed by atoms with E-state index in [0.717, 1.165) is 56.4 Å². The number of hydrogen-bond acceptors (Lipinski definition) is 4. The molecule has 164 valence electrons. The number of piperidine rings is 1. The van der Waals surface area contributed by atoms with E-state index in [1.54, 1.807) is 12.1 Å². The molecule has 1 atom stereocenters. The van der Waals surface area contributed by atoms with Crippen molar-refractivity contribution in [3.8, 4) is 0 Å². The van der Waals surface area contributed by atoms with Crippen LogP contribution in [-0.4, -0.2) is 65.9 Å². The van der Waals surface area contributed by atoms with E-state index < -0.39 is 17.3 Å². The maximum Gasteiger partial charge on any atom is 0.411 e.